The molecule has 0 unspecified atom stereocenters. The summed E-state index contributed by atoms with van der Waals surface area (Å²) >= 11 is 3.57. The molecule has 13 heavy (non-hydrogen) atoms. The van der Waals surface area contributed by atoms with E-state index in [1.165, 1.54) is 26.4 Å². The number of halogens is 1. The summed E-state index contributed by atoms with van der Waals surface area (Å²) < 4.78 is 1.19. The van der Waals surface area contributed by atoms with Crippen LogP contribution in [0.15, 0.2) is 29.0 Å². The van der Waals surface area contributed by atoms with Gasteiger partial charge in [0.2, 0.25) is 0 Å². The Labute approximate surface area is 85.9 Å². The van der Waals surface area contributed by atoms with Gasteiger partial charge in [-0.15, -0.1) is 0 Å². The van der Waals surface area contributed by atoms with Gasteiger partial charge in [-0.2, -0.15) is 0 Å². The molecule has 1 heterocycles. The van der Waals surface area contributed by atoms with Crippen LogP contribution in [0, 0.1) is 13.8 Å². The highest BCUT2D eigenvalue weighted by Gasteiger charge is 2.03. The number of nitrogens with zero attached hydrogens (tertiary/aromatic N) is 1. The summed E-state index contributed by atoms with van der Waals surface area (Å²) in [6.07, 6.45) is 3.74. The van der Waals surface area contributed by atoms with E-state index >= 15 is 0 Å². The highest BCUT2D eigenvalue weighted by atomic mass is 79.9. The van der Waals surface area contributed by atoms with E-state index in [-0.39, 0.29) is 0 Å². The summed E-state index contributed by atoms with van der Waals surface area (Å²) in [5.41, 5.74) is 2.54. The van der Waals surface area contributed by atoms with Crippen LogP contribution < -0.4 is 0 Å². The zero-order valence-electron chi connectivity index (χ0n) is 7.63. The molecular weight excluding hydrogens is 226 g/mol. The second-order valence-corrected chi connectivity index (χ2v) is 4.02. The number of rotatable bonds is 0. The molecule has 66 valence electrons. The van der Waals surface area contributed by atoms with Crippen molar-refractivity contribution >= 4 is 26.7 Å². The molecule has 0 N–H and O–H groups in total. The highest BCUT2D eigenvalue weighted by molar-refractivity contribution is 9.10. The number of benzene rings is 1. The van der Waals surface area contributed by atoms with Gasteiger partial charge in [0, 0.05) is 22.3 Å². The van der Waals surface area contributed by atoms with Gasteiger partial charge >= 0.3 is 0 Å². The van der Waals surface area contributed by atoms with Gasteiger partial charge in [-0.25, -0.2) is 0 Å². The van der Waals surface area contributed by atoms with Crippen LogP contribution in [0.4, 0.5) is 0 Å². The number of aryl methyl sites for hydroxylation is 2. The summed E-state index contributed by atoms with van der Waals surface area (Å²) in [6, 6.07) is 4.22. The van der Waals surface area contributed by atoms with Crippen molar-refractivity contribution < 1.29 is 0 Å². The van der Waals surface area contributed by atoms with E-state index in [9.17, 15) is 0 Å². The molecule has 0 bridgehead atoms. The first kappa shape index (κ1) is 8.70. The standard InChI is InChI=1S/C11H10BrN/c1-7-5-9-3-4-13-6-10(9)8(2)11(7)12/h3-6H,1-2H3. The lowest BCUT2D eigenvalue weighted by Crippen LogP contribution is -1.85. The number of pyridine rings is 1. The molecule has 0 aliphatic carbocycles. The topological polar surface area (TPSA) is 12.9 Å². The molecular formula is C11H10BrN. The molecule has 2 aromatic rings. The van der Waals surface area contributed by atoms with Crippen LogP contribution in [-0.2, 0) is 0 Å². The maximum absolute atomic E-state index is 4.12. The van der Waals surface area contributed by atoms with E-state index in [1.54, 1.807) is 0 Å². The van der Waals surface area contributed by atoms with Gasteiger partial charge in [0.1, 0.15) is 0 Å². The van der Waals surface area contributed by atoms with Crippen molar-refractivity contribution in [2.45, 2.75) is 13.8 Å². The Kier molecular flexibility index (Phi) is 2.08. The van der Waals surface area contributed by atoms with Gasteiger partial charge in [-0.05, 0) is 36.4 Å². The van der Waals surface area contributed by atoms with Gasteiger partial charge in [0.25, 0.3) is 0 Å². The van der Waals surface area contributed by atoms with Crippen molar-refractivity contribution in [1.82, 2.24) is 4.98 Å². The molecule has 0 aliphatic heterocycles. The van der Waals surface area contributed by atoms with Crippen molar-refractivity contribution in [3.05, 3.63) is 40.1 Å². The maximum Gasteiger partial charge on any atom is 0.0349 e. The van der Waals surface area contributed by atoms with E-state index in [2.05, 4.69) is 40.8 Å². The summed E-state index contributed by atoms with van der Waals surface area (Å²) in [5.74, 6) is 0. The Hall–Kier alpha value is -0.890. The molecule has 0 radical (unpaired) electrons. The monoisotopic (exact) mass is 235 g/mol. The summed E-state index contributed by atoms with van der Waals surface area (Å²) in [6.45, 7) is 4.22. The minimum Gasteiger partial charge on any atom is -0.264 e. The Morgan fingerprint density at radius 2 is 2.08 bits per heavy atom. The first-order chi connectivity index (χ1) is 6.20. The number of hydrogen-bond acceptors (Lipinski definition) is 1. The van der Waals surface area contributed by atoms with E-state index in [0.29, 0.717) is 0 Å². The number of hydrogen-bond donors (Lipinski definition) is 0. The van der Waals surface area contributed by atoms with Crippen molar-refractivity contribution in [2.24, 2.45) is 0 Å². The molecule has 0 fully saturated rings. The molecule has 2 heteroatoms. The molecule has 0 amide bonds. The third-order valence-electron chi connectivity index (χ3n) is 2.31. The summed E-state index contributed by atoms with van der Waals surface area (Å²) in [5, 5.41) is 2.48. The lowest BCUT2D eigenvalue weighted by Gasteiger charge is -2.06. The first-order valence-corrected chi connectivity index (χ1v) is 4.99. The second kappa shape index (κ2) is 3.11. The van der Waals surface area contributed by atoms with Crippen LogP contribution in [0.1, 0.15) is 11.1 Å². The first-order valence-electron chi connectivity index (χ1n) is 4.19. The van der Waals surface area contributed by atoms with Gasteiger partial charge in [0.15, 0.2) is 0 Å². The SMILES string of the molecule is Cc1cc2ccncc2c(C)c1Br. The molecule has 0 saturated heterocycles. The Bertz CT molecular complexity index is 463. The average molecular weight is 236 g/mol. The fourth-order valence-corrected chi connectivity index (χ4v) is 1.88. The van der Waals surface area contributed by atoms with Crippen molar-refractivity contribution in [2.75, 3.05) is 0 Å². The molecule has 1 nitrogen and oxygen atoms in total. The van der Waals surface area contributed by atoms with Gasteiger partial charge < -0.3 is 0 Å². The smallest absolute Gasteiger partial charge is 0.0349 e. The number of fused-ring (bicyclic) bond motifs is 1. The maximum atomic E-state index is 4.12. The van der Waals surface area contributed by atoms with Crippen molar-refractivity contribution in [1.29, 1.82) is 0 Å². The van der Waals surface area contributed by atoms with E-state index in [1.807, 2.05) is 18.5 Å². The average Bonchev–Trinajstić information content (AvgIpc) is 2.15. The lowest BCUT2D eigenvalue weighted by molar-refractivity contribution is 1.32. The van der Waals surface area contributed by atoms with Crippen LogP contribution >= 0.6 is 15.9 Å². The zero-order chi connectivity index (χ0) is 9.42. The van der Waals surface area contributed by atoms with E-state index in [4.69, 9.17) is 0 Å². The Morgan fingerprint density at radius 1 is 1.31 bits per heavy atom. The van der Waals surface area contributed by atoms with Crippen LogP contribution in [0.2, 0.25) is 0 Å². The fraction of sp³-hybridized carbons (Fsp3) is 0.182. The molecule has 0 atom stereocenters. The quantitative estimate of drug-likeness (QED) is 0.680. The third-order valence-corrected chi connectivity index (χ3v) is 3.53. The van der Waals surface area contributed by atoms with Gasteiger partial charge in [-0.3, -0.25) is 4.98 Å². The molecule has 1 aromatic carbocycles. The van der Waals surface area contributed by atoms with Crippen molar-refractivity contribution in [3.63, 3.8) is 0 Å². The predicted octanol–water partition coefficient (Wildman–Crippen LogP) is 3.61. The van der Waals surface area contributed by atoms with E-state index < -0.39 is 0 Å². The van der Waals surface area contributed by atoms with Gasteiger partial charge in [-0.1, -0.05) is 22.0 Å². The largest absolute Gasteiger partial charge is 0.264 e. The lowest BCUT2D eigenvalue weighted by atomic mass is 10.0. The van der Waals surface area contributed by atoms with Crippen LogP contribution in [0.25, 0.3) is 10.8 Å². The van der Waals surface area contributed by atoms with Gasteiger partial charge in [0.05, 0.1) is 0 Å². The second-order valence-electron chi connectivity index (χ2n) is 3.23. The van der Waals surface area contributed by atoms with Crippen molar-refractivity contribution in [3.8, 4) is 0 Å². The molecule has 0 spiro atoms. The normalized spacial score (nSPS) is 10.7. The Balaban J connectivity index is 2.94. The third kappa shape index (κ3) is 1.35. The zero-order valence-corrected chi connectivity index (χ0v) is 9.22. The minimum absolute atomic E-state index is 1.19. The molecule has 1 aromatic heterocycles. The summed E-state index contributed by atoms with van der Waals surface area (Å²) in [4.78, 5) is 4.12. The molecule has 0 saturated carbocycles. The van der Waals surface area contributed by atoms with Crippen LogP contribution in [0.3, 0.4) is 0 Å². The van der Waals surface area contributed by atoms with E-state index in [0.717, 1.165) is 0 Å². The predicted molar refractivity (Wildman–Crippen MR) is 58.9 cm³/mol. The van der Waals surface area contributed by atoms with Crippen LogP contribution in [0.5, 0.6) is 0 Å². The summed E-state index contributed by atoms with van der Waals surface area (Å²) in [7, 11) is 0. The van der Waals surface area contributed by atoms with Crippen LogP contribution in [-0.4, -0.2) is 4.98 Å². The molecule has 2 rings (SSSR count). The fourth-order valence-electron chi connectivity index (χ4n) is 1.56. The molecule has 0 aliphatic rings. The number of aromatic nitrogens is 1. The minimum atomic E-state index is 1.19. The highest BCUT2D eigenvalue weighted by Crippen LogP contribution is 2.28. The Morgan fingerprint density at radius 3 is 2.85 bits per heavy atom.